The van der Waals surface area contributed by atoms with Crippen molar-refractivity contribution in [1.29, 1.82) is 0 Å². The number of esters is 1. The number of benzene rings is 1. The van der Waals surface area contributed by atoms with E-state index < -0.39 is 11.9 Å². The minimum absolute atomic E-state index is 0.0683. The monoisotopic (exact) mass is 454 g/mol. The van der Waals surface area contributed by atoms with E-state index >= 15 is 0 Å². The summed E-state index contributed by atoms with van der Waals surface area (Å²) in [7, 11) is 1.31. The Bertz CT molecular complexity index is 1120. The molecule has 0 aliphatic carbocycles. The van der Waals surface area contributed by atoms with E-state index in [1.54, 1.807) is 41.2 Å². The van der Waals surface area contributed by atoms with Crippen molar-refractivity contribution < 1.29 is 28.3 Å². The molecular weight excluding hydrogens is 428 g/mol. The van der Waals surface area contributed by atoms with E-state index in [1.165, 1.54) is 13.2 Å². The number of carbonyl (C=O) groups excluding carboxylic acids is 3. The predicted octanol–water partition coefficient (Wildman–Crippen LogP) is 3.25. The van der Waals surface area contributed by atoms with Crippen LogP contribution in [0.2, 0.25) is 0 Å². The summed E-state index contributed by atoms with van der Waals surface area (Å²) in [5, 5.41) is 9.67. The molecule has 3 aromatic rings. The van der Waals surface area contributed by atoms with E-state index in [1.807, 2.05) is 13.8 Å². The van der Waals surface area contributed by atoms with Gasteiger partial charge in [-0.3, -0.25) is 14.3 Å². The fourth-order valence-electron chi connectivity index (χ4n) is 2.89. The molecule has 0 saturated heterocycles. The Morgan fingerprint density at radius 1 is 1.06 bits per heavy atom. The second-order valence-corrected chi connectivity index (χ2v) is 7.03. The predicted molar refractivity (Wildman–Crippen MR) is 119 cm³/mol. The van der Waals surface area contributed by atoms with Crippen molar-refractivity contribution >= 4 is 23.5 Å². The second kappa shape index (κ2) is 11.0. The topological polar surface area (TPSA) is 125 Å². The number of nitrogens with zero attached hydrogens (tertiary/aromatic N) is 2. The van der Waals surface area contributed by atoms with Crippen molar-refractivity contribution in [3.63, 3.8) is 0 Å². The standard InChI is InChI=1S/C23H26N4O6/c1-4-12-24-22(29)20-18(13-27(5-2)26-20)25-21(28)19-11-10-17(33-19)14-32-16-8-6-15(7-9-16)23(30)31-3/h6-11,13H,4-5,12,14H2,1-3H3,(H,24,29)(H,25,28). The summed E-state index contributed by atoms with van der Waals surface area (Å²) in [6, 6.07) is 9.61. The Morgan fingerprint density at radius 2 is 1.82 bits per heavy atom. The zero-order valence-corrected chi connectivity index (χ0v) is 18.7. The average Bonchev–Trinajstić information content (AvgIpc) is 3.48. The van der Waals surface area contributed by atoms with Crippen LogP contribution in [0.3, 0.4) is 0 Å². The quantitative estimate of drug-likeness (QED) is 0.451. The zero-order valence-electron chi connectivity index (χ0n) is 18.7. The molecule has 0 unspecified atom stereocenters. The first kappa shape index (κ1) is 23.6. The number of ether oxygens (including phenoxy) is 2. The molecule has 3 rings (SSSR count). The van der Waals surface area contributed by atoms with Gasteiger partial charge >= 0.3 is 5.97 Å². The first-order valence-electron chi connectivity index (χ1n) is 10.5. The molecular formula is C23H26N4O6. The molecule has 0 spiro atoms. The Kier molecular flexibility index (Phi) is 7.85. The summed E-state index contributed by atoms with van der Waals surface area (Å²) in [6.45, 7) is 4.98. The molecule has 0 saturated carbocycles. The molecule has 0 aliphatic rings. The number of amides is 2. The number of aromatic nitrogens is 2. The largest absolute Gasteiger partial charge is 0.486 e. The summed E-state index contributed by atoms with van der Waals surface area (Å²) in [5.74, 6) is -0.269. The smallest absolute Gasteiger partial charge is 0.337 e. The van der Waals surface area contributed by atoms with Gasteiger partial charge in [0.1, 0.15) is 18.1 Å². The summed E-state index contributed by atoms with van der Waals surface area (Å²) in [4.78, 5) is 36.5. The normalized spacial score (nSPS) is 10.5. The maximum Gasteiger partial charge on any atom is 0.337 e. The number of rotatable bonds is 10. The van der Waals surface area contributed by atoms with Gasteiger partial charge in [0.05, 0.1) is 18.4 Å². The van der Waals surface area contributed by atoms with Gasteiger partial charge in [0, 0.05) is 19.3 Å². The molecule has 33 heavy (non-hydrogen) atoms. The van der Waals surface area contributed by atoms with Gasteiger partial charge in [0.15, 0.2) is 11.5 Å². The van der Waals surface area contributed by atoms with Gasteiger partial charge in [-0.05, 0) is 49.7 Å². The number of carbonyl (C=O) groups is 3. The van der Waals surface area contributed by atoms with E-state index in [9.17, 15) is 14.4 Å². The van der Waals surface area contributed by atoms with E-state index in [0.29, 0.717) is 35.9 Å². The van der Waals surface area contributed by atoms with Gasteiger partial charge in [-0.25, -0.2) is 4.79 Å². The number of nitrogens with one attached hydrogen (secondary N) is 2. The Labute approximate surface area is 190 Å². The molecule has 0 bridgehead atoms. The van der Waals surface area contributed by atoms with Crippen LogP contribution in [0.4, 0.5) is 5.69 Å². The minimum atomic E-state index is -0.510. The van der Waals surface area contributed by atoms with Gasteiger partial charge in [0.25, 0.3) is 11.8 Å². The maximum absolute atomic E-state index is 12.7. The first-order chi connectivity index (χ1) is 15.9. The summed E-state index contributed by atoms with van der Waals surface area (Å²) >= 11 is 0. The molecule has 2 N–H and O–H groups in total. The molecule has 2 aromatic heterocycles. The average molecular weight is 454 g/mol. The van der Waals surface area contributed by atoms with Crippen molar-refractivity contribution in [1.82, 2.24) is 15.1 Å². The van der Waals surface area contributed by atoms with Crippen molar-refractivity contribution in [3.05, 3.63) is 65.4 Å². The summed E-state index contributed by atoms with van der Waals surface area (Å²) in [5.41, 5.74) is 0.857. The van der Waals surface area contributed by atoms with Crippen LogP contribution in [0.1, 0.15) is 57.4 Å². The molecule has 0 radical (unpaired) electrons. The van der Waals surface area contributed by atoms with Crippen LogP contribution in [0, 0.1) is 0 Å². The van der Waals surface area contributed by atoms with Gasteiger partial charge in [-0.15, -0.1) is 0 Å². The zero-order chi connectivity index (χ0) is 23.8. The van der Waals surface area contributed by atoms with Gasteiger partial charge < -0.3 is 24.5 Å². The van der Waals surface area contributed by atoms with E-state index in [0.717, 1.165) is 6.42 Å². The van der Waals surface area contributed by atoms with Crippen molar-refractivity contribution in [2.45, 2.75) is 33.4 Å². The van der Waals surface area contributed by atoms with Crippen LogP contribution in [-0.4, -0.2) is 41.2 Å². The minimum Gasteiger partial charge on any atom is -0.486 e. The highest BCUT2D eigenvalue weighted by molar-refractivity contribution is 6.07. The van der Waals surface area contributed by atoms with Gasteiger partial charge in [-0.2, -0.15) is 5.10 Å². The highest BCUT2D eigenvalue weighted by Gasteiger charge is 2.20. The highest BCUT2D eigenvalue weighted by Crippen LogP contribution is 2.19. The highest BCUT2D eigenvalue weighted by atomic mass is 16.5. The van der Waals surface area contributed by atoms with Crippen molar-refractivity contribution in [2.24, 2.45) is 0 Å². The number of hydrogen-bond acceptors (Lipinski definition) is 7. The van der Waals surface area contributed by atoms with Crippen molar-refractivity contribution in [2.75, 3.05) is 19.0 Å². The van der Waals surface area contributed by atoms with Crippen LogP contribution in [0.25, 0.3) is 0 Å². The molecule has 2 amide bonds. The van der Waals surface area contributed by atoms with Crippen LogP contribution >= 0.6 is 0 Å². The third kappa shape index (κ3) is 6.00. The number of furan rings is 1. The Hall–Kier alpha value is -4.08. The van der Waals surface area contributed by atoms with Crippen LogP contribution in [-0.2, 0) is 17.9 Å². The molecule has 2 heterocycles. The number of anilines is 1. The third-order valence-corrected chi connectivity index (χ3v) is 4.63. The lowest BCUT2D eigenvalue weighted by Crippen LogP contribution is -2.26. The molecule has 10 nitrogen and oxygen atoms in total. The fraction of sp³-hybridized carbons (Fsp3) is 0.304. The number of methoxy groups -OCH3 is 1. The molecule has 0 atom stereocenters. The lowest BCUT2D eigenvalue weighted by molar-refractivity contribution is 0.0600. The van der Waals surface area contributed by atoms with Crippen LogP contribution in [0.15, 0.2) is 47.0 Å². The van der Waals surface area contributed by atoms with Gasteiger partial charge in [0.2, 0.25) is 0 Å². The Morgan fingerprint density at radius 3 is 2.48 bits per heavy atom. The van der Waals surface area contributed by atoms with E-state index in [4.69, 9.17) is 9.15 Å². The molecule has 0 aliphatic heterocycles. The maximum atomic E-state index is 12.7. The summed E-state index contributed by atoms with van der Waals surface area (Å²) in [6.07, 6.45) is 2.39. The van der Waals surface area contributed by atoms with E-state index in [2.05, 4.69) is 20.5 Å². The summed E-state index contributed by atoms with van der Waals surface area (Å²) < 4.78 is 17.4. The Balaban J connectivity index is 1.62. The lowest BCUT2D eigenvalue weighted by Gasteiger charge is -2.06. The third-order valence-electron chi connectivity index (χ3n) is 4.63. The van der Waals surface area contributed by atoms with Crippen LogP contribution in [0.5, 0.6) is 5.75 Å². The van der Waals surface area contributed by atoms with Crippen LogP contribution < -0.4 is 15.4 Å². The lowest BCUT2D eigenvalue weighted by atomic mass is 10.2. The molecule has 0 fully saturated rings. The molecule has 174 valence electrons. The fourth-order valence-corrected chi connectivity index (χ4v) is 2.89. The number of hydrogen-bond donors (Lipinski definition) is 2. The molecule has 1 aromatic carbocycles. The first-order valence-corrected chi connectivity index (χ1v) is 10.5. The van der Waals surface area contributed by atoms with Crippen molar-refractivity contribution in [3.8, 4) is 5.75 Å². The van der Waals surface area contributed by atoms with E-state index in [-0.39, 0.29) is 24.0 Å². The molecule has 10 heteroatoms. The SMILES string of the molecule is CCCNC(=O)c1nn(CC)cc1NC(=O)c1ccc(COc2ccc(C(=O)OC)cc2)o1. The van der Waals surface area contributed by atoms with Gasteiger partial charge in [-0.1, -0.05) is 6.92 Å². The second-order valence-electron chi connectivity index (χ2n) is 7.03. The number of aryl methyl sites for hydroxylation is 1.